The number of hydrogen-bond acceptors (Lipinski definition) is 10. The number of carbonyl (C=O) groups excluding carboxylic acids is 8. The zero-order valence-corrected chi connectivity index (χ0v) is 38.5. The summed E-state index contributed by atoms with van der Waals surface area (Å²) in [4.78, 5) is 118. The molecule has 2 aromatic carbocycles. The lowest BCUT2D eigenvalue weighted by molar-refractivity contribution is -0.148. The van der Waals surface area contributed by atoms with Gasteiger partial charge in [-0.2, -0.15) is 0 Å². The van der Waals surface area contributed by atoms with Crippen LogP contribution < -0.4 is 43.8 Å². The van der Waals surface area contributed by atoms with Crippen LogP contribution in [-0.2, 0) is 51.1 Å². The maximum absolute atomic E-state index is 14.7. The number of fused-ring (bicyclic) bond motifs is 1. The molecule has 0 unspecified atom stereocenters. The van der Waals surface area contributed by atoms with E-state index in [2.05, 4.69) is 36.6 Å². The van der Waals surface area contributed by atoms with Gasteiger partial charge in [0.1, 0.15) is 41.9 Å². The van der Waals surface area contributed by atoms with Crippen LogP contribution in [0.15, 0.2) is 65.8 Å². The fraction of sp³-hybridized carbons (Fsp3) is 0.500. The van der Waals surface area contributed by atoms with Gasteiger partial charge in [-0.15, -0.1) is 0 Å². The number of primary amides is 1. The highest BCUT2D eigenvalue weighted by Gasteiger charge is 2.44. The Balaban J connectivity index is 1.38. The van der Waals surface area contributed by atoms with Crippen LogP contribution in [0, 0.1) is 0 Å². The molecule has 0 spiro atoms. The van der Waals surface area contributed by atoms with E-state index in [0.29, 0.717) is 37.7 Å². The van der Waals surface area contributed by atoms with Gasteiger partial charge < -0.3 is 63.3 Å². The average Bonchev–Trinajstić information content (AvgIpc) is 4.06. The highest BCUT2D eigenvalue weighted by Crippen LogP contribution is 2.27. The van der Waals surface area contributed by atoms with Gasteiger partial charge in [-0.25, -0.2) is 4.79 Å². The van der Waals surface area contributed by atoms with Crippen LogP contribution in [0.2, 0.25) is 0 Å². The predicted molar refractivity (Wildman–Crippen MR) is 248 cm³/mol. The Morgan fingerprint density at radius 1 is 0.776 bits per heavy atom. The molecule has 3 heterocycles. The Bertz CT molecular complexity index is 2290. The van der Waals surface area contributed by atoms with Crippen molar-refractivity contribution in [1.82, 2.24) is 41.4 Å². The first-order valence-corrected chi connectivity index (χ1v) is 22.5. The molecule has 2 fully saturated rings. The van der Waals surface area contributed by atoms with Gasteiger partial charge >= 0.3 is 6.09 Å². The number of aromatic nitrogens is 1. The van der Waals surface area contributed by atoms with Crippen LogP contribution in [0.4, 0.5) is 4.79 Å². The minimum absolute atomic E-state index is 0.0267. The molecule has 2 saturated heterocycles. The molecule has 8 amide bonds. The molecule has 0 bridgehead atoms. The number of hydrogen-bond donors (Lipinski definition) is 9. The van der Waals surface area contributed by atoms with Gasteiger partial charge in [0.05, 0.1) is 6.54 Å². The van der Waals surface area contributed by atoms with Crippen LogP contribution in [0.5, 0.6) is 0 Å². The number of aromatic amines is 1. The van der Waals surface area contributed by atoms with Crippen molar-refractivity contribution in [3.05, 3.63) is 71.9 Å². The second-order valence-corrected chi connectivity index (χ2v) is 17.8. The van der Waals surface area contributed by atoms with Crippen molar-refractivity contribution in [3.8, 4) is 0 Å². The van der Waals surface area contributed by atoms with E-state index >= 15 is 0 Å². The van der Waals surface area contributed by atoms with Crippen molar-refractivity contribution in [3.63, 3.8) is 0 Å². The number of aliphatic imine (C=N–C) groups is 1. The molecule has 6 atom stereocenters. The van der Waals surface area contributed by atoms with E-state index in [1.807, 2.05) is 30.3 Å². The first-order valence-electron chi connectivity index (χ1n) is 22.5. The summed E-state index contributed by atoms with van der Waals surface area (Å²) in [7, 11) is 0. The molecule has 0 radical (unpaired) electrons. The predicted octanol–water partition coefficient (Wildman–Crippen LogP) is -0.0422. The van der Waals surface area contributed by atoms with Crippen LogP contribution in [-0.4, -0.2) is 136 Å². The molecule has 2 aliphatic rings. The van der Waals surface area contributed by atoms with E-state index < -0.39 is 89.3 Å². The summed E-state index contributed by atoms with van der Waals surface area (Å²) in [6, 6.07) is 9.82. The monoisotopic (exact) mass is 928 g/mol. The van der Waals surface area contributed by atoms with Gasteiger partial charge in [0, 0.05) is 49.6 Å². The van der Waals surface area contributed by atoms with E-state index in [-0.39, 0.29) is 51.4 Å². The number of rotatable bonds is 20. The van der Waals surface area contributed by atoms with Crippen LogP contribution in [0.1, 0.15) is 77.3 Å². The van der Waals surface area contributed by atoms with Crippen molar-refractivity contribution >= 4 is 64.3 Å². The standard InChI is InChI=1S/C46H64N12O9/c1-27(53-39(61)32(17-10-20-50-44(48)49)56-45(66)67-46(2,3)4)38(60)54-33(24-29-25-51-31-16-9-8-15-30(29)31)40(62)55-34(23-28-13-6-5-7-14-28)42(64)58-22-12-19-36(58)43(65)57-21-11-18-35(57)41(63)52-26-37(47)59/h5-9,13-16,25,27,32-36,51H,10-12,17-24,26H2,1-4H3,(H2,47,59)(H,52,63)(H,53,61)(H,54,60)(H,55,62)(H,56,66)(H4,48,49,50)/t27-,32-,33+,34-,35-,36+/m0/s1. The molecule has 3 aromatic rings. The molecule has 0 saturated carbocycles. The topological polar surface area (TPSA) is 319 Å². The van der Waals surface area contributed by atoms with Crippen molar-refractivity contribution in [2.75, 3.05) is 26.2 Å². The minimum Gasteiger partial charge on any atom is -0.444 e. The Kier molecular flexibility index (Phi) is 17.7. The molecule has 1 aromatic heterocycles. The minimum atomic E-state index is -1.28. The van der Waals surface area contributed by atoms with Gasteiger partial charge in [-0.05, 0) is 83.4 Å². The fourth-order valence-electron chi connectivity index (χ4n) is 8.22. The number of carbonyl (C=O) groups is 8. The molecule has 21 nitrogen and oxygen atoms in total. The number of nitrogens with two attached hydrogens (primary N) is 3. The number of benzene rings is 2. The number of alkyl carbamates (subject to hydrolysis) is 1. The van der Waals surface area contributed by atoms with E-state index in [1.54, 1.807) is 51.2 Å². The number of ether oxygens (including phenoxy) is 1. The SMILES string of the molecule is C[C@H](NC(=O)[C@H](CCCN=C(N)N)NC(=O)OC(C)(C)C)C(=O)N[C@H](Cc1c[nH]c2ccccc12)C(=O)N[C@@H](Cc1ccccc1)C(=O)N1CCC[C@@H]1C(=O)N1CCC[C@H]1C(=O)NCC(N)=O. The normalized spacial score (nSPS) is 17.6. The summed E-state index contributed by atoms with van der Waals surface area (Å²) in [6.45, 7) is 6.73. The highest BCUT2D eigenvalue weighted by atomic mass is 16.6. The Hall–Kier alpha value is -7.19. The number of H-pyrrole nitrogens is 1. The summed E-state index contributed by atoms with van der Waals surface area (Å²) >= 11 is 0. The highest BCUT2D eigenvalue weighted by molar-refractivity contribution is 5.98. The summed E-state index contributed by atoms with van der Waals surface area (Å²) in [5.41, 5.74) is 17.5. The van der Waals surface area contributed by atoms with Gasteiger partial charge in [0.15, 0.2) is 5.96 Å². The Morgan fingerprint density at radius 2 is 1.42 bits per heavy atom. The molecule has 5 rings (SSSR count). The van der Waals surface area contributed by atoms with Crippen LogP contribution >= 0.6 is 0 Å². The van der Waals surface area contributed by atoms with Gasteiger partial charge in [-0.3, -0.25) is 38.6 Å². The molecule has 2 aliphatic heterocycles. The van der Waals surface area contributed by atoms with Crippen molar-refractivity contribution < 1.29 is 43.1 Å². The Labute approximate surface area is 389 Å². The number of nitrogens with zero attached hydrogens (tertiary/aromatic N) is 3. The van der Waals surface area contributed by atoms with E-state index in [1.165, 1.54) is 16.7 Å². The van der Waals surface area contributed by atoms with Crippen molar-refractivity contribution in [2.24, 2.45) is 22.2 Å². The molecule has 67 heavy (non-hydrogen) atoms. The van der Waals surface area contributed by atoms with E-state index in [9.17, 15) is 38.4 Å². The second kappa shape index (κ2) is 23.3. The number of guanidine groups is 1. The molecule has 12 N–H and O–H groups in total. The third kappa shape index (κ3) is 14.7. The first-order chi connectivity index (χ1) is 31.8. The smallest absolute Gasteiger partial charge is 0.408 e. The van der Waals surface area contributed by atoms with Crippen LogP contribution in [0.25, 0.3) is 10.9 Å². The summed E-state index contributed by atoms with van der Waals surface area (Å²) in [5, 5.41) is 14.1. The second-order valence-electron chi connectivity index (χ2n) is 17.8. The third-order valence-corrected chi connectivity index (χ3v) is 11.4. The summed E-state index contributed by atoms with van der Waals surface area (Å²) in [5.74, 6) is -4.45. The number of likely N-dealkylation sites (tertiary alicyclic amines) is 2. The molecular weight excluding hydrogens is 865 g/mol. The first kappa shape index (κ1) is 50.8. The fourth-order valence-corrected chi connectivity index (χ4v) is 8.22. The molecule has 362 valence electrons. The van der Waals surface area contributed by atoms with Gasteiger partial charge in [0.25, 0.3) is 0 Å². The van der Waals surface area contributed by atoms with Crippen molar-refractivity contribution in [2.45, 2.75) is 121 Å². The number of amides is 8. The molecule has 21 heteroatoms. The summed E-state index contributed by atoms with van der Waals surface area (Å²) in [6.07, 6.45) is 3.02. The number of para-hydroxylation sites is 1. The molecular formula is C46H64N12O9. The quantitative estimate of drug-likeness (QED) is 0.0411. The van der Waals surface area contributed by atoms with Gasteiger partial charge in [0.2, 0.25) is 41.4 Å². The zero-order chi connectivity index (χ0) is 48.8. The summed E-state index contributed by atoms with van der Waals surface area (Å²) < 4.78 is 5.36. The van der Waals surface area contributed by atoms with Crippen molar-refractivity contribution in [1.29, 1.82) is 0 Å². The van der Waals surface area contributed by atoms with Gasteiger partial charge in [-0.1, -0.05) is 48.5 Å². The maximum Gasteiger partial charge on any atom is 0.408 e. The largest absolute Gasteiger partial charge is 0.444 e. The number of nitrogens with one attached hydrogen (secondary N) is 6. The Morgan fingerprint density at radius 3 is 2.10 bits per heavy atom. The zero-order valence-electron chi connectivity index (χ0n) is 38.5. The lowest BCUT2D eigenvalue weighted by Crippen LogP contribution is -2.60. The lowest BCUT2D eigenvalue weighted by atomic mass is 10.0. The maximum atomic E-state index is 14.7. The van der Waals surface area contributed by atoms with E-state index in [0.717, 1.165) is 16.5 Å². The average molecular weight is 929 g/mol. The van der Waals surface area contributed by atoms with Crippen LogP contribution in [0.3, 0.4) is 0 Å². The third-order valence-electron chi connectivity index (χ3n) is 11.4. The molecule has 0 aliphatic carbocycles. The lowest BCUT2D eigenvalue weighted by Gasteiger charge is -2.33. The van der Waals surface area contributed by atoms with E-state index in [4.69, 9.17) is 21.9 Å².